The molecule has 1 aliphatic rings. The van der Waals surface area contributed by atoms with Crippen molar-refractivity contribution in [2.24, 2.45) is 4.99 Å². The van der Waals surface area contributed by atoms with E-state index in [2.05, 4.69) is 4.99 Å². The zero-order valence-electron chi connectivity index (χ0n) is 15.0. The van der Waals surface area contributed by atoms with Crippen molar-refractivity contribution in [3.63, 3.8) is 0 Å². The second-order valence-electron chi connectivity index (χ2n) is 7.63. The third-order valence-corrected chi connectivity index (χ3v) is 2.90. The van der Waals surface area contributed by atoms with Crippen molar-refractivity contribution in [3.05, 3.63) is 11.3 Å². The Kier molecular flexibility index (Phi) is 5.61. The fraction of sp³-hybridized carbons (Fsp3) is 0.706. The van der Waals surface area contributed by atoms with Crippen molar-refractivity contribution in [1.29, 1.82) is 0 Å². The van der Waals surface area contributed by atoms with E-state index in [1.165, 1.54) is 6.92 Å². The Hall–Kier alpha value is -1.85. The standard InChI is InChI=1S/C17H27NO5/c1-10(19)13(15(21)23-17(5,6)7)11-8-9-12(18-11)14(20)22-16(2,3)4/h12,19H,8-9H2,1-7H3/b13-10+/t12-/m0/s1. The number of carbonyl (C=O) groups is 2. The van der Waals surface area contributed by atoms with E-state index in [4.69, 9.17) is 9.47 Å². The lowest BCUT2D eigenvalue weighted by Crippen LogP contribution is -2.30. The molecule has 6 nitrogen and oxygen atoms in total. The van der Waals surface area contributed by atoms with Gasteiger partial charge in [0.25, 0.3) is 0 Å². The molecule has 0 fully saturated rings. The highest BCUT2D eigenvalue weighted by Gasteiger charge is 2.33. The van der Waals surface area contributed by atoms with Crippen LogP contribution in [0, 0.1) is 0 Å². The summed E-state index contributed by atoms with van der Waals surface area (Å²) in [6, 6.07) is -0.652. The molecule has 0 amide bonds. The zero-order chi connectivity index (χ0) is 18.0. The van der Waals surface area contributed by atoms with E-state index < -0.39 is 29.2 Å². The number of aliphatic hydroxyl groups is 1. The summed E-state index contributed by atoms with van der Waals surface area (Å²) in [4.78, 5) is 28.6. The number of ether oxygens (including phenoxy) is 2. The SMILES string of the molecule is C/C(O)=C(\C(=O)OC(C)(C)C)C1=N[C@H](C(=O)OC(C)(C)C)CC1. The van der Waals surface area contributed by atoms with Gasteiger partial charge in [-0.3, -0.25) is 4.99 Å². The molecule has 0 aromatic heterocycles. The molecule has 0 saturated carbocycles. The molecule has 0 aromatic rings. The Bertz CT molecular complexity index is 542. The number of nitrogens with zero attached hydrogens (tertiary/aromatic N) is 1. The highest BCUT2D eigenvalue weighted by molar-refractivity contribution is 6.21. The first-order chi connectivity index (χ1) is 10.3. The van der Waals surface area contributed by atoms with Gasteiger partial charge in [-0.2, -0.15) is 0 Å². The number of aliphatic hydroxyl groups excluding tert-OH is 1. The molecule has 1 atom stereocenters. The largest absolute Gasteiger partial charge is 0.512 e. The summed E-state index contributed by atoms with van der Waals surface area (Å²) in [5.74, 6) is -1.23. The van der Waals surface area contributed by atoms with Crippen molar-refractivity contribution in [1.82, 2.24) is 0 Å². The zero-order valence-corrected chi connectivity index (χ0v) is 15.0. The van der Waals surface area contributed by atoms with Gasteiger partial charge < -0.3 is 14.6 Å². The van der Waals surface area contributed by atoms with Crippen LogP contribution in [0.2, 0.25) is 0 Å². The van der Waals surface area contributed by atoms with Crippen molar-refractivity contribution >= 4 is 17.7 Å². The Morgan fingerprint density at radius 3 is 2.04 bits per heavy atom. The van der Waals surface area contributed by atoms with Gasteiger partial charge in [0, 0.05) is 0 Å². The molecule has 0 spiro atoms. The average Bonchev–Trinajstić information content (AvgIpc) is 2.72. The van der Waals surface area contributed by atoms with Crippen LogP contribution in [0.5, 0.6) is 0 Å². The Morgan fingerprint density at radius 2 is 1.61 bits per heavy atom. The van der Waals surface area contributed by atoms with Crippen LogP contribution in [0.1, 0.15) is 61.3 Å². The fourth-order valence-corrected chi connectivity index (χ4v) is 2.12. The predicted molar refractivity (Wildman–Crippen MR) is 87.5 cm³/mol. The van der Waals surface area contributed by atoms with Gasteiger partial charge in [0.2, 0.25) is 0 Å². The van der Waals surface area contributed by atoms with Crippen LogP contribution in [0.15, 0.2) is 16.3 Å². The smallest absolute Gasteiger partial charge is 0.343 e. The molecule has 23 heavy (non-hydrogen) atoms. The van der Waals surface area contributed by atoms with Crippen LogP contribution < -0.4 is 0 Å². The molecule has 1 aliphatic heterocycles. The lowest BCUT2D eigenvalue weighted by atomic mass is 10.1. The Labute approximate surface area is 137 Å². The first kappa shape index (κ1) is 19.2. The molecular formula is C17H27NO5. The van der Waals surface area contributed by atoms with Crippen LogP contribution >= 0.6 is 0 Å². The molecule has 1 heterocycles. The molecule has 130 valence electrons. The topological polar surface area (TPSA) is 85.2 Å². The van der Waals surface area contributed by atoms with Crippen molar-refractivity contribution < 1.29 is 24.2 Å². The fourth-order valence-electron chi connectivity index (χ4n) is 2.12. The summed E-state index contributed by atoms with van der Waals surface area (Å²) < 4.78 is 10.6. The summed E-state index contributed by atoms with van der Waals surface area (Å²) in [6.45, 7) is 12.0. The number of allylic oxidation sites excluding steroid dienone is 1. The van der Waals surface area contributed by atoms with Crippen LogP contribution in [0.3, 0.4) is 0 Å². The second-order valence-corrected chi connectivity index (χ2v) is 7.63. The normalized spacial score (nSPS) is 19.8. The highest BCUT2D eigenvalue weighted by Crippen LogP contribution is 2.24. The van der Waals surface area contributed by atoms with Crippen molar-refractivity contribution in [3.8, 4) is 0 Å². The molecule has 0 aromatic carbocycles. The van der Waals surface area contributed by atoms with Crippen molar-refractivity contribution in [2.75, 3.05) is 0 Å². The van der Waals surface area contributed by atoms with Crippen molar-refractivity contribution in [2.45, 2.75) is 78.6 Å². The first-order valence-corrected chi connectivity index (χ1v) is 7.73. The average molecular weight is 325 g/mol. The molecule has 1 N–H and O–H groups in total. The monoisotopic (exact) mass is 325 g/mol. The van der Waals surface area contributed by atoms with E-state index in [9.17, 15) is 14.7 Å². The van der Waals surface area contributed by atoms with E-state index in [-0.39, 0.29) is 11.3 Å². The highest BCUT2D eigenvalue weighted by atomic mass is 16.6. The third-order valence-electron chi connectivity index (χ3n) is 2.90. The van der Waals surface area contributed by atoms with E-state index in [1.807, 2.05) is 0 Å². The molecule has 0 bridgehead atoms. The third kappa shape index (κ3) is 6.04. The Morgan fingerprint density at radius 1 is 1.09 bits per heavy atom. The lowest BCUT2D eigenvalue weighted by Gasteiger charge is -2.21. The van der Waals surface area contributed by atoms with Gasteiger partial charge in [0.05, 0.1) is 5.71 Å². The van der Waals surface area contributed by atoms with E-state index >= 15 is 0 Å². The number of esters is 2. The van der Waals surface area contributed by atoms with Crippen LogP contribution in [-0.4, -0.2) is 40.0 Å². The minimum Gasteiger partial charge on any atom is -0.512 e. The van der Waals surface area contributed by atoms with E-state index in [0.717, 1.165) is 0 Å². The first-order valence-electron chi connectivity index (χ1n) is 7.73. The van der Waals surface area contributed by atoms with E-state index in [0.29, 0.717) is 18.6 Å². The molecule has 0 aliphatic carbocycles. The Balaban J connectivity index is 2.95. The van der Waals surface area contributed by atoms with Crippen LogP contribution in [-0.2, 0) is 19.1 Å². The summed E-state index contributed by atoms with van der Waals surface area (Å²) in [5, 5.41) is 9.83. The van der Waals surface area contributed by atoms with Gasteiger partial charge in [0.1, 0.15) is 28.6 Å². The van der Waals surface area contributed by atoms with Gasteiger partial charge in [-0.15, -0.1) is 0 Å². The second kappa shape index (κ2) is 6.72. The van der Waals surface area contributed by atoms with Gasteiger partial charge >= 0.3 is 11.9 Å². The summed E-state index contributed by atoms with van der Waals surface area (Å²) >= 11 is 0. The quantitative estimate of drug-likeness (QED) is 0.489. The number of rotatable bonds is 3. The molecule has 0 unspecified atom stereocenters. The maximum Gasteiger partial charge on any atom is 0.343 e. The lowest BCUT2D eigenvalue weighted by molar-refractivity contribution is -0.156. The summed E-state index contributed by atoms with van der Waals surface area (Å²) in [5.41, 5.74) is -0.853. The van der Waals surface area contributed by atoms with Gasteiger partial charge in [-0.1, -0.05) is 0 Å². The minimum absolute atomic E-state index is 0.0333. The number of hydrogen-bond donors (Lipinski definition) is 1. The predicted octanol–water partition coefficient (Wildman–Crippen LogP) is 3.11. The van der Waals surface area contributed by atoms with Gasteiger partial charge in [-0.05, 0) is 61.3 Å². The van der Waals surface area contributed by atoms with E-state index in [1.54, 1.807) is 41.5 Å². The molecule has 1 rings (SSSR count). The maximum atomic E-state index is 12.3. The van der Waals surface area contributed by atoms with Gasteiger partial charge in [-0.25, -0.2) is 9.59 Å². The van der Waals surface area contributed by atoms with Crippen LogP contribution in [0.25, 0.3) is 0 Å². The van der Waals surface area contributed by atoms with Crippen LogP contribution in [0.4, 0.5) is 0 Å². The molecule has 0 saturated heterocycles. The number of hydrogen-bond acceptors (Lipinski definition) is 6. The summed E-state index contributed by atoms with van der Waals surface area (Å²) in [6.07, 6.45) is 0.861. The number of aliphatic imine (C=N–C) groups is 1. The van der Waals surface area contributed by atoms with Gasteiger partial charge in [0.15, 0.2) is 0 Å². The minimum atomic E-state index is -0.679. The maximum absolute atomic E-state index is 12.3. The number of carbonyl (C=O) groups excluding carboxylic acids is 2. The molecule has 6 heteroatoms. The molecule has 0 radical (unpaired) electrons. The molecular weight excluding hydrogens is 298 g/mol. The summed E-state index contributed by atoms with van der Waals surface area (Å²) in [7, 11) is 0.